The third kappa shape index (κ3) is 7.85. The Bertz CT molecular complexity index is 1210. The zero-order valence-corrected chi connectivity index (χ0v) is 25.5. The zero-order valence-electron chi connectivity index (χ0n) is 24.0. The maximum atomic E-state index is 13.8. The minimum absolute atomic E-state index is 0.0620. The van der Waals surface area contributed by atoms with Gasteiger partial charge in [-0.2, -0.15) is 0 Å². The minimum Gasteiger partial charge on any atom is -0.369 e. The van der Waals surface area contributed by atoms with Gasteiger partial charge in [-0.15, -0.1) is 0 Å². The maximum absolute atomic E-state index is 13.8. The Morgan fingerprint density at radius 2 is 1.66 bits per heavy atom. The number of carbonyl (C=O) groups excluding carboxylic acids is 2. The maximum Gasteiger partial charge on any atom is 0.318 e. The number of pyridine rings is 1. The number of halogens is 2. The van der Waals surface area contributed by atoms with Crippen molar-refractivity contribution in [1.82, 2.24) is 25.0 Å². The van der Waals surface area contributed by atoms with Crippen molar-refractivity contribution < 1.29 is 9.59 Å². The van der Waals surface area contributed by atoms with Gasteiger partial charge in [0.15, 0.2) is 0 Å². The predicted molar refractivity (Wildman–Crippen MR) is 165 cm³/mol. The van der Waals surface area contributed by atoms with Crippen LogP contribution in [0.25, 0.3) is 0 Å². The van der Waals surface area contributed by atoms with Gasteiger partial charge in [-0.3, -0.25) is 4.79 Å². The van der Waals surface area contributed by atoms with Gasteiger partial charge in [-0.05, 0) is 93.8 Å². The molecule has 1 atom stereocenters. The molecule has 3 fully saturated rings. The van der Waals surface area contributed by atoms with E-state index in [-0.39, 0.29) is 11.9 Å². The van der Waals surface area contributed by atoms with Gasteiger partial charge in [-0.1, -0.05) is 35.3 Å². The summed E-state index contributed by atoms with van der Waals surface area (Å²) in [5, 5.41) is 7.68. The summed E-state index contributed by atoms with van der Waals surface area (Å²) in [5.74, 6) is 1.24. The Labute approximate surface area is 253 Å². The molecule has 2 aromatic rings. The highest BCUT2D eigenvalue weighted by atomic mass is 35.5. The van der Waals surface area contributed by atoms with Crippen molar-refractivity contribution in [3.8, 4) is 0 Å². The van der Waals surface area contributed by atoms with Crippen molar-refractivity contribution in [2.45, 2.75) is 63.8 Å². The van der Waals surface area contributed by atoms with E-state index in [4.69, 9.17) is 28.2 Å². The van der Waals surface area contributed by atoms with Gasteiger partial charge < -0.3 is 25.3 Å². The SMILES string of the molecule is Cc1ccc(C2CCN(C(=O)[C@@H](Cc3ccc(Cl)cc3Cl)NC(=O)N3CCCC3)CC2)c(NCCN2CCCC2)n1. The van der Waals surface area contributed by atoms with Crippen LogP contribution in [0.2, 0.25) is 10.0 Å². The first-order valence-corrected chi connectivity index (χ1v) is 15.8. The molecule has 3 aliphatic heterocycles. The van der Waals surface area contributed by atoms with Gasteiger partial charge >= 0.3 is 6.03 Å². The number of nitrogens with zero attached hydrogens (tertiary/aromatic N) is 4. The van der Waals surface area contributed by atoms with Crippen molar-refractivity contribution in [3.05, 3.63) is 57.2 Å². The van der Waals surface area contributed by atoms with E-state index in [2.05, 4.69) is 27.7 Å². The number of aromatic nitrogens is 1. The molecule has 0 bridgehead atoms. The van der Waals surface area contributed by atoms with Crippen LogP contribution < -0.4 is 10.6 Å². The monoisotopic (exact) mass is 600 g/mol. The van der Waals surface area contributed by atoms with Crippen LogP contribution in [0.3, 0.4) is 0 Å². The molecule has 3 saturated heterocycles. The summed E-state index contributed by atoms with van der Waals surface area (Å²) >= 11 is 12.6. The van der Waals surface area contributed by atoms with Crippen LogP contribution in [0.4, 0.5) is 10.6 Å². The Kier molecular flexibility index (Phi) is 10.3. The third-order valence-corrected chi connectivity index (χ3v) is 9.25. The molecule has 8 nitrogen and oxygen atoms in total. The molecule has 0 radical (unpaired) electrons. The lowest BCUT2D eigenvalue weighted by Gasteiger charge is -2.35. The summed E-state index contributed by atoms with van der Waals surface area (Å²) in [5.41, 5.74) is 3.03. The Morgan fingerprint density at radius 1 is 0.951 bits per heavy atom. The lowest BCUT2D eigenvalue weighted by molar-refractivity contribution is -0.134. The summed E-state index contributed by atoms with van der Waals surface area (Å²) in [4.78, 5) is 37.9. The fourth-order valence-electron chi connectivity index (χ4n) is 6.28. The fourth-order valence-corrected chi connectivity index (χ4v) is 6.76. The summed E-state index contributed by atoms with van der Waals surface area (Å²) in [6.45, 7) is 9.02. The number of piperidine rings is 1. The molecule has 1 aromatic heterocycles. The number of likely N-dealkylation sites (tertiary alicyclic amines) is 3. The molecule has 5 rings (SSSR count). The van der Waals surface area contributed by atoms with E-state index in [1.165, 1.54) is 31.5 Å². The first-order chi connectivity index (χ1) is 19.9. The molecule has 3 aliphatic rings. The normalized spacial score (nSPS) is 19.0. The molecule has 0 unspecified atom stereocenters. The van der Waals surface area contributed by atoms with Gasteiger partial charge in [0, 0.05) is 61.4 Å². The molecule has 0 aliphatic carbocycles. The molecule has 0 saturated carbocycles. The number of amides is 3. The Hall–Kier alpha value is -2.55. The quantitative estimate of drug-likeness (QED) is 0.407. The molecular weight excluding hydrogens is 559 g/mol. The van der Waals surface area contributed by atoms with Gasteiger partial charge in [0.1, 0.15) is 11.9 Å². The number of benzene rings is 1. The average molecular weight is 602 g/mol. The number of anilines is 1. The minimum atomic E-state index is -0.692. The summed E-state index contributed by atoms with van der Waals surface area (Å²) < 4.78 is 0. The van der Waals surface area contributed by atoms with E-state index in [1.54, 1.807) is 17.0 Å². The van der Waals surface area contributed by atoms with Gasteiger partial charge in [0.25, 0.3) is 0 Å². The summed E-state index contributed by atoms with van der Waals surface area (Å²) in [6, 6.07) is 8.69. The second kappa shape index (κ2) is 14.1. The van der Waals surface area contributed by atoms with Crippen LogP contribution in [0.1, 0.15) is 61.3 Å². The van der Waals surface area contributed by atoms with E-state index < -0.39 is 6.04 Å². The van der Waals surface area contributed by atoms with Crippen LogP contribution in [0.5, 0.6) is 0 Å². The van der Waals surface area contributed by atoms with Crippen molar-refractivity contribution in [1.29, 1.82) is 0 Å². The Morgan fingerprint density at radius 3 is 2.37 bits per heavy atom. The van der Waals surface area contributed by atoms with Crippen molar-refractivity contribution >= 4 is 41.0 Å². The lowest BCUT2D eigenvalue weighted by Crippen LogP contribution is -2.54. The van der Waals surface area contributed by atoms with Crippen LogP contribution in [0.15, 0.2) is 30.3 Å². The molecular formula is C31H42Cl2N6O2. The molecule has 0 spiro atoms. The van der Waals surface area contributed by atoms with Gasteiger partial charge in [0.2, 0.25) is 5.91 Å². The van der Waals surface area contributed by atoms with Crippen molar-refractivity contribution in [2.75, 3.05) is 57.7 Å². The second-order valence-corrected chi connectivity index (χ2v) is 12.4. The fraction of sp³-hybridized carbons (Fsp3) is 0.581. The highest BCUT2D eigenvalue weighted by Crippen LogP contribution is 2.33. The standard InChI is InChI=1S/C31H42Cl2N6O2/c1-22-6-9-26(29(35-22)34-12-19-37-13-2-3-14-37)23-10-17-38(18-11-23)30(40)28(36-31(41)39-15-4-5-16-39)20-24-7-8-25(32)21-27(24)33/h6-9,21,23,28H,2-5,10-20H2,1H3,(H,34,35)(H,36,41)/t28-/m1/s1. The summed E-state index contributed by atoms with van der Waals surface area (Å²) in [6.07, 6.45) is 6.59. The molecule has 222 valence electrons. The predicted octanol–water partition coefficient (Wildman–Crippen LogP) is 5.33. The van der Waals surface area contributed by atoms with Crippen LogP contribution >= 0.6 is 23.2 Å². The first kappa shape index (κ1) is 29.9. The van der Waals surface area contributed by atoms with E-state index in [9.17, 15) is 9.59 Å². The second-order valence-electron chi connectivity index (χ2n) is 11.6. The Balaban J connectivity index is 1.23. The van der Waals surface area contributed by atoms with E-state index in [1.807, 2.05) is 17.9 Å². The lowest BCUT2D eigenvalue weighted by atomic mass is 9.89. The molecule has 2 N–H and O–H groups in total. The number of nitrogens with one attached hydrogen (secondary N) is 2. The van der Waals surface area contributed by atoms with E-state index in [0.29, 0.717) is 35.5 Å². The highest BCUT2D eigenvalue weighted by molar-refractivity contribution is 6.35. The first-order valence-electron chi connectivity index (χ1n) is 15.1. The summed E-state index contributed by atoms with van der Waals surface area (Å²) in [7, 11) is 0. The smallest absolute Gasteiger partial charge is 0.318 e. The number of aryl methyl sites for hydroxylation is 1. The van der Waals surface area contributed by atoms with Crippen LogP contribution in [-0.4, -0.2) is 90.0 Å². The van der Waals surface area contributed by atoms with Crippen molar-refractivity contribution in [2.24, 2.45) is 0 Å². The number of rotatable bonds is 9. The van der Waals surface area contributed by atoms with Crippen molar-refractivity contribution in [3.63, 3.8) is 0 Å². The third-order valence-electron chi connectivity index (χ3n) is 8.66. The van der Waals surface area contributed by atoms with Gasteiger partial charge in [0.05, 0.1) is 0 Å². The molecule has 41 heavy (non-hydrogen) atoms. The number of urea groups is 1. The number of hydrogen-bond donors (Lipinski definition) is 2. The van der Waals surface area contributed by atoms with Crippen LogP contribution in [-0.2, 0) is 11.2 Å². The zero-order chi connectivity index (χ0) is 28.8. The number of hydrogen-bond acceptors (Lipinski definition) is 5. The van der Waals surface area contributed by atoms with E-state index >= 15 is 0 Å². The molecule has 10 heteroatoms. The highest BCUT2D eigenvalue weighted by Gasteiger charge is 2.32. The number of carbonyl (C=O) groups is 2. The average Bonchev–Trinajstić information content (AvgIpc) is 3.69. The largest absolute Gasteiger partial charge is 0.369 e. The molecule has 1 aromatic carbocycles. The van der Waals surface area contributed by atoms with E-state index in [0.717, 1.165) is 68.9 Å². The van der Waals surface area contributed by atoms with Crippen LogP contribution in [0, 0.1) is 6.92 Å². The van der Waals surface area contributed by atoms with Gasteiger partial charge in [-0.25, -0.2) is 9.78 Å². The topological polar surface area (TPSA) is 80.8 Å². The molecule has 3 amide bonds. The molecule has 4 heterocycles.